The number of nitrogens with zero attached hydrogens (tertiary/aromatic N) is 2. The topological polar surface area (TPSA) is 59.1 Å². The summed E-state index contributed by atoms with van der Waals surface area (Å²) in [5, 5.41) is 0. The molecule has 0 radical (unpaired) electrons. The highest BCUT2D eigenvalue weighted by Gasteiger charge is 2.34. The lowest BCUT2D eigenvalue weighted by molar-refractivity contribution is 0.0971. The van der Waals surface area contributed by atoms with Crippen molar-refractivity contribution >= 4 is 24.0 Å². The first-order valence-electron chi connectivity index (χ1n) is 11.6. The van der Waals surface area contributed by atoms with E-state index in [9.17, 15) is 9.59 Å². The number of carbonyl (C=O) groups excluding carboxylic acids is 2. The van der Waals surface area contributed by atoms with E-state index in [4.69, 9.17) is 9.47 Å². The second kappa shape index (κ2) is 12.7. The van der Waals surface area contributed by atoms with E-state index in [1.165, 1.54) is 0 Å². The van der Waals surface area contributed by atoms with Crippen LogP contribution in [0.4, 0.5) is 0 Å². The Bertz CT molecular complexity index is 878. The van der Waals surface area contributed by atoms with E-state index in [-0.39, 0.29) is 24.0 Å². The lowest BCUT2D eigenvalue weighted by Crippen LogP contribution is -2.29. The van der Waals surface area contributed by atoms with Gasteiger partial charge in [0.2, 0.25) is 0 Å². The zero-order chi connectivity index (χ0) is 23.1. The number of benzene rings is 2. The number of hydrogen-bond donors (Lipinski definition) is 0. The maximum absolute atomic E-state index is 13.4. The molecule has 0 spiro atoms. The quantitative estimate of drug-likeness (QED) is 0.389. The number of ether oxygens (including phenoxy) is 2. The Kier molecular flexibility index (Phi) is 10.4. The Labute approximate surface area is 203 Å². The molecule has 1 aliphatic carbocycles. The fraction of sp³-hybridized carbons (Fsp3) is 0.462. The molecule has 0 aliphatic heterocycles. The fourth-order valence-corrected chi connectivity index (χ4v) is 4.07. The SMILES string of the molecule is CCN(CC)CCOc1cccc2c1C(=O)c1cccc(OCCN(CC)CC)c1C2=O.Cl. The molecule has 0 amide bonds. The normalized spacial score (nSPS) is 12.4. The van der Waals surface area contributed by atoms with Crippen LogP contribution in [-0.2, 0) is 0 Å². The second-order valence-electron chi connectivity index (χ2n) is 7.77. The van der Waals surface area contributed by atoms with Crippen LogP contribution >= 0.6 is 12.4 Å². The maximum Gasteiger partial charge on any atom is 0.198 e. The van der Waals surface area contributed by atoms with Crippen molar-refractivity contribution in [2.45, 2.75) is 27.7 Å². The lowest BCUT2D eigenvalue weighted by atomic mass is 9.83. The summed E-state index contributed by atoms with van der Waals surface area (Å²) < 4.78 is 11.9. The first-order valence-corrected chi connectivity index (χ1v) is 11.6. The number of fused-ring (bicyclic) bond motifs is 2. The Hall–Kier alpha value is -2.41. The van der Waals surface area contributed by atoms with E-state index < -0.39 is 0 Å². The van der Waals surface area contributed by atoms with Crippen LogP contribution in [0.25, 0.3) is 0 Å². The van der Waals surface area contributed by atoms with Gasteiger partial charge in [-0.3, -0.25) is 9.59 Å². The zero-order valence-corrected chi connectivity index (χ0v) is 20.9. The van der Waals surface area contributed by atoms with Gasteiger partial charge in [0.1, 0.15) is 24.7 Å². The number of halogens is 1. The number of hydrogen-bond acceptors (Lipinski definition) is 6. The highest BCUT2D eigenvalue weighted by molar-refractivity contribution is 6.30. The highest BCUT2D eigenvalue weighted by Crippen LogP contribution is 2.37. The van der Waals surface area contributed by atoms with Crippen molar-refractivity contribution in [3.63, 3.8) is 0 Å². The molecule has 2 aromatic rings. The first-order chi connectivity index (χ1) is 15.5. The average molecular weight is 475 g/mol. The smallest absolute Gasteiger partial charge is 0.198 e. The van der Waals surface area contributed by atoms with E-state index in [1.54, 1.807) is 36.4 Å². The van der Waals surface area contributed by atoms with E-state index >= 15 is 0 Å². The summed E-state index contributed by atoms with van der Waals surface area (Å²) in [5.41, 5.74) is 1.46. The van der Waals surface area contributed by atoms with Crippen molar-refractivity contribution in [3.8, 4) is 11.5 Å². The fourth-order valence-electron chi connectivity index (χ4n) is 4.07. The van der Waals surface area contributed by atoms with Crippen molar-refractivity contribution in [2.75, 3.05) is 52.5 Å². The Morgan fingerprint density at radius 1 is 0.636 bits per heavy atom. The van der Waals surface area contributed by atoms with Crippen LogP contribution in [0, 0.1) is 0 Å². The molecular weight excluding hydrogens is 440 g/mol. The molecule has 7 heteroatoms. The molecule has 0 atom stereocenters. The molecule has 0 saturated heterocycles. The Morgan fingerprint density at radius 3 is 1.33 bits per heavy atom. The summed E-state index contributed by atoms with van der Waals surface area (Å²) >= 11 is 0. The largest absolute Gasteiger partial charge is 0.491 e. The van der Waals surface area contributed by atoms with Gasteiger partial charge in [-0.2, -0.15) is 0 Å². The molecule has 0 fully saturated rings. The molecule has 0 heterocycles. The Balaban J connectivity index is 0.00000385. The van der Waals surface area contributed by atoms with Gasteiger partial charge in [-0.05, 0) is 38.3 Å². The second-order valence-corrected chi connectivity index (χ2v) is 7.77. The molecule has 3 rings (SSSR count). The summed E-state index contributed by atoms with van der Waals surface area (Å²) in [6.45, 7) is 14.6. The molecule has 0 bridgehead atoms. The number of ketones is 2. The van der Waals surface area contributed by atoms with Crippen molar-refractivity contribution in [1.82, 2.24) is 9.80 Å². The molecule has 0 unspecified atom stereocenters. The van der Waals surface area contributed by atoms with Crippen LogP contribution in [0.1, 0.15) is 59.5 Å². The first kappa shape index (κ1) is 26.8. The summed E-state index contributed by atoms with van der Waals surface area (Å²) in [6.07, 6.45) is 0. The summed E-state index contributed by atoms with van der Waals surface area (Å²) in [7, 11) is 0. The minimum absolute atomic E-state index is 0. The predicted molar refractivity (Wildman–Crippen MR) is 134 cm³/mol. The molecule has 33 heavy (non-hydrogen) atoms. The zero-order valence-electron chi connectivity index (χ0n) is 20.1. The summed E-state index contributed by atoms with van der Waals surface area (Å²) in [5.74, 6) is 0.544. The molecule has 180 valence electrons. The number of likely N-dealkylation sites (N-methyl/N-ethyl adjacent to an activating group) is 2. The van der Waals surface area contributed by atoms with Crippen LogP contribution in [0.15, 0.2) is 36.4 Å². The molecule has 1 aliphatic rings. The molecule has 0 N–H and O–H groups in total. The van der Waals surface area contributed by atoms with Crippen LogP contribution in [0.2, 0.25) is 0 Å². The minimum atomic E-state index is -0.192. The van der Waals surface area contributed by atoms with Crippen molar-refractivity contribution in [1.29, 1.82) is 0 Å². The molecule has 2 aromatic carbocycles. The molecular formula is C26H35ClN2O4. The lowest BCUT2D eigenvalue weighted by Gasteiger charge is -2.24. The summed E-state index contributed by atoms with van der Waals surface area (Å²) in [6, 6.07) is 10.5. The van der Waals surface area contributed by atoms with Gasteiger partial charge in [-0.1, -0.05) is 52.0 Å². The number of rotatable bonds is 12. The third-order valence-electron chi connectivity index (χ3n) is 6.11. The Morgan fingerprint density at radius 2 is 1.00 bits per heavy atom. The van der Waals surface area contributed by atoms with E-state index in [0.29, 0.717) is 47.0 Å². The van der Waals surface area contributed by atoms with E-state index in [1.807, 2.05) is 0 Å². The third kappa shape index (κ3) is 5.94. The van der Waals surface area contributed by atoms with Crippen LogP contribution in [0.5, 0.6) is 11.5 Å². The van der Waals surface area contributed by atoms with E-state index in [0.717, 1.165) is 39.3 Å². The van der Waals surface area contributed by atoms with Gasteiger partial charge in [-0.25, -0.2) is 0 Å². The van der Waals surface area contributed by atoms with Gasteiger partial charge in [0.15, 0.2) is 11.6 Å². The van der Waals surface area contributed by atoms with Gasteiger partial charge in [0, 0.05) is 24.2 Å². The van der Waals surface area contributed by atoms with Gasteiger partial charge in [0.05, 0.1) is 11.1 Å². The van der Waals surface area contributed by atoms with Gasteiger partial charge < -0.3 is 19.3 Å². The molecule has 0 aromatic heterocycles. The average Bonchev–Trinajstić information content (AvgIpc) is 2.82. The maximum atomic E-state index is 13.4. The van der Waals surface area contributed by atoms with E-state index in [2.05, 4.69) is 37.5 Å². The van der Waals surface area contributed by atoms with Gasteiger partial charge >= 0.3 is 0 Å². The number of carbonyl (C=O) groups is 2. The molecule has 0 saturated carbocycles. The monoisotopic (exact) mass is 474 g/mol. The van der Waals surface area contributed by atoms with Crippen LogP contribution in [-0.4, -0.2) is 73.8 Å². The highest BCUT2D eigenvalue weighted by atomic mass is 35.5. The molecule has 6 nitrogen and oxygen atoms in total. The van der Waals surface area contributed by atoms with Crippen molar-refractivity contribution in [3.05, 3.63) is 58.7 Å². The van der Waals surface area contributed by atoms with Crippen molar-refractivity contribution in [2.24, 2.45) is 0 Å². The van der Waals surface area contributed by atoms with Gasteiger partial charge in [-0.15, -0.1) is 12.4 Å². The minimum Gasteiger partial charge on any atom is -0.491 e. The standard InChI is InChI=1S/C26H34N2O4.ClH/c1-5-27(6-2)15-17-31-21-13-9-11-19-23(21)25(29)20-12-10-14-22(24(20)26(19)30)32-18-16-28(7-3)8-4;/h9-14H,5-8,15-18H2,1-4H3;1H. The van der Waals surface area contributed by atoms with Crippen LogP contribution < -0.4 is 9.47 Å². The van der Waals surface area contributed by atoms with Crippen molar-refractivity contribution < 1.29 is 19.1 Å². The third-order valence-corrected chi connectivity index (χ3v) is 6.11. The van der Waals surface area contributed by atoms with Gasteiger partial charge in [0.25, 0.3) is 0 Å². The summed E-state index contributed by atoms with van der Waals surface area (Å²) in [4.78, 5) is 31.3. The van der Waals surface area contributed by atoms with Crippen LogP contribution in [0.3, 0.4) is 0 Å². The predicted octanol–water partition coefficient (Wildman–Crippen LogP) is 4.33.